The van der Waals surface area contributed by atoms with Crippen molar-refractivity contribution in [1.29, 1.82) is 0 Å². The van der Waals surface area contributed by atoms with Gasteiger partial charge in [-0.3, -0.25) is 10.1 Å². The Morgan fingerprint density at radius 3 is 2.89 bits per heavy atom. The van der Waals surface area contributed by atoms with Gasteiger partial charge in [-0.25, -0.2) is 4.79 Å². The van der Waals surface area contributed by atoms with Crippen LogP contribution in [0.1, 0.15) is 17.9 Å². The molecule has 0 aromatic heterocycles. The van der Waals surface area contributed by atoms with E-state index < -0.39 is 11.1 Å². The molecule has 0 saturated carbocycles. The van der Waals surface area contributed by atoms with Crippen molar-refractivity contribution >= 4 is 11.8 Å². The van der Waals surface area contributed by atoms with Crippen LogP contribution in [0.5, 0.6) is 5.75 Å². The van der Waals surface area contributed by atoms with Gasteiger partial charge in [-0.2, -0.15) is 0 Å². The molecule has 18 heavy (non-hydrogen) atoms. The van der Waals surface area contributed by atoms with Gasteiger partial charge >= 0.3 is 6.16 Å². The van der Waals surface area contributed by atoms with Crippen LogP contribution in [0, 0.1) is 10.1 Å². The molecule has 1 aliphatic rings. The first-order valence-electron chi connectivity index (χ1n) is 5.35. The highest BCUT2D eigenvalue weighted by atomic mass is 16.7. The number of hydrogen-bond donors (Lipinski definition) is 1. The summed E-state index contributed by atoms with van der Waals surface area (Å²) in [4.78, 5) is 20.8. The first-order valence-corrected chi connectivity index (χ1v) is 5.35. The molecule has 7 heteroatoms. The fraction of sp³-hybridized carbons (Fsp3) is 0.364. The molecule has 1 heterocycles. The minimum atomic E-state index is -1.44. The maximum absolute atomic E-state index is 10.7. The first kappa shape index (κ1) is 12.3. The summed E-state index contributed by atoms with van der Waals surface area (Å²) >= 11 is 0. The lowest BCUT2D eigenvalue weighted by molar-refractivity contribution is -0.385. The lowest BCUT2D eigenvalue weighted by Gasteiger charge is -2.12. The maximum atomic E-state index is 10.7. The largest absolute Gasteiger partial charge is 0.511 e. The second-order valence-corrected chi connectivity index (χ2v) is 3.91. The Kier molecular flexibility index (Phi) is 3.42. The van der Waals surface area contributed by atoms with Crippen molar-refractivity contribution in [1.82, 2.24) is 0 Å². The number of ether oxygens (including phenoxy) is 2. The van der Waals surface area contributed by atoms with E-state index in [0.717, 1.165) is 0 Å². The number of benzene rings is 1. The summed E-state index contributed by atoms with van der Waals surface area (Å²) in [6.07, 6.45) is -0.749. The number of carbonyl (C=O) groups is 1. The molecular formula is C11H11NO6. The van der Waals surface area contributed by atoms with Gasteiger partial charge in [0.05, 0.1) is 11.5 Å². The lowest BCUT2D eigenvalue weighted by Crippen LogP contribution is -2.08. The zero-order valence-electron chi connectivity index (χ0n) is 9.37. The van der Waals surface area contributed by atoms with Crippen molar-refractivity contribution in [3.8, 4) is 5.75 Å². The van der Waals surface area contributed by atoms with Gasteiger partial charge in [0.25, 0.3) is 5.69 Å². The van der Waals surface area contributed by atoms with Crippen LogP contribution in [0.15, 0.2) is 18.2 Å². The molecule has 0 spiro atoms. The van der Waals surface area contributed by atoms with Crippen LogP contribution in [-0.2, 0) is 4.74 Å². The number of carboxylic acid groups (broad SMARTS) is 1. The van der Waals surface area contributed by atoms with Crippen LogP contribution in [0.4, 0.5) is 10.5 Å². The molecule has 0 unspecified atom stereocenters. The summed E-state index contributed by atoms with van der Waals surface area (Å²) in [5.41, 5.74) is 0.415. The number of nitro benzene ring substituents is 1. The summed E-state index contributed by atoms with van der Waals surface area (Å²) in [6.45, 7) is 0.969. The Morgan fingerprint density at radius 1 is 1.56 bits per heavy atom. The van der Waals surface area contributed by atoms with E-state index in [0.29, 0.717) is 25.2 Å². The third-order valence-corrected chi connectivity index (χ3v) is 2.77. The van der Waals surface area contributed by atoms with Crippen molar-refractivity contribution in [2.75, 3.05) is 13.2 Å². The summed E-state index contributed by atoms with van der Waals surface area (Å²) in [5, 5.41) is 19.3. The van der Waals surface area contributed by atoms with Crippen LogP contribution < -0.4 is 4.74 Å². The summed E-state index contributed by atoms with van der Waals surface area (Å²) in [5.74, 6) is 0.0582. The van der Waals surface area contributed by atoms with Gasteiger partial charge in [0.2, 0.25) is 0 Å². The molecule has 0 amide bonds. The first-order chi connectivity index (χ1) is 8.58. The van der Waals surface area contributed by atoms with E-state index in [9.17, 15) is 14.9 Å². The van der Waals surface area contributed by atoms with E-state index in [2.05, 4.69) is 4.74 Å². The smallest absolute Gasteiger partial charge is 0.449 e. The predicted octanol–water partition coefficient (Wildman–Crippen LogP) is 2.16. The van der Waals surface area contributed by atoms with Gasteiger partial charge in [0, 0.05) is 30.2 Å². The van der Waals surface area contributed by atoms with Crippen LogP contribution >= 0.6 is 0 Å². The zero-order chi connectivity index (χ0) is 13.1. The molecule has 1 aliphatic heterocycles. The highest BCUT2D eigenvalue weighted by molar-refractivity contribution is 5.63. The quantitative estimate of drug-likeness (QED) is 0.383. The molecule has 1 aromatic rings. The van der Waals surface area contributed by atoms with E-state index in [1.165, 1.54) is 18.2 Å². The fourth-order valence-corrected chi connectivity index (χ4v) is 1.94. The highest BCUT2D eigenvalue weighted by Crippen LogP contribution is 2.35. The van der Waals surface area contributed by atoms with E-state index >= 15 is 0 Å². The van der Waals surface area contributed by atoms with E-state index in [-0.39, 0.29) is 17.4 Å². The monoisotopic (exact) mass is 253 g/mol. The van der Waals surface area contributed by atoms with Gasteiger partial charge in [-0.05, 0) is 12.5 Å². The Hall–Kier alpha value is -2.15. The molecule has 1 aromatic carbocycles. The van der Waals surface area contributed by atoms with Crippen molar-refractivity contribution < 1.29 is 24.3 Å². The van der Waals surface area contributed by atoms with Gasteiger partial charge in [0.15, 0.2) is 0 Å². The normalized spacial score (nSPS) is 18.6. The van der Waals surface area contributed by atoms with E-state index in [4.69, 9.17) is 9.84 Å². The molecule has 1 saturated heterocycles. The van der Waals surface area contributed by atoms with Gasteiger partial charge in [0.1, 0.15) is 5.75 Å². The lowest BCUT2D eigenvalue weighted by atomic mass is 9.97. The molecular weight excluding hydrogens is 242 g/mol. The van der Waals surface area contributed by atoms with Crippen molar-refractivity contribution in [3.05, 3.63) is 33.9 Å². The molecule has 2 rings (SSSR count). The molecule has 1 fully saturated rings. The molecule has 0 radical (unpaired) electrons. The van der Waals surface area contributed by atoms with Gasteiger partial charge in [-0.15, -0.1) is 0 Å². The third-order valence-electron chi connectivity index (χ3n) is 2.77. The number of nitrogens with zero attached hydrogens (tertiary/aromatic N) is 1. The third kappa shape index (κ3) is 2.57. The maximum Gasteiger partial charge on any atom is 0.511 e. The molecule has 0 aliphatic carbocycles. The Morgan fingerprint density at radius 2 is 2.33 bits per heavy atom. The van der Waals surface area contributed by atoms with Crippen molar-refractivity contribution in [3.63, 3.8) is 0 Å². The van der Waals surface area contributed by atoms with Crippen molar-refractivity contribution in [2.45, 2.75) is 12.3 Å². The standard InChI is InChI=1S/C11H11NO6/c13-11(14)18-10-2-1-8(12(15)16)5-9(10)7-3-4-17-6-7/h1-2,5,7H,3-4,6H2,(H,13,14)/t7-/m1/s1. The van der Waals surface area contributed by atoms with Crippen LogP contribution in [0.3, 0.4) is 0 Å². The minimum Gasteiger partial charge on any atom is -0.449 e. The topological polar surface area (TPSA) is 98.9 Å². The minimum absolute atomic E-state index is 0.0701. The second kappa shape index (κ2) is 5.01. The van der Waals surface area contributed by atoms with E-state index in [1.807, 2.05) is 0 Å². The SMILES string of the molecule is O=C(O)Oc1ccc([N+](=O)[O-])cc1[C@@H]1CCOC1. The molecule has 1 N–H and O–H groups in total. The average Bonchev–Trinajstić information content (AvgIpc) is 2.81. The van der Waals surface area contributed by atoms with Gasteiger partial charge in [-0.1, -0.05) is 0 Å². The Bertz CT molecular complexity index is 480. The number of hydrogen-bond acceptors (Lipinski definition) is 5. The van der Waals surface area contributed by atoms with Crippen LogP contribution in [0.25, 0.3) is 0 Å². The zero-order valence-corrected chi connectivity index (χ0v) is 9.37. The Balaban J connectivity index is 2.38. The predicted molar refractivity (Wildman–Crippen MR) is 59.9 cm³/mol. The Labute approximate surface area is 102 Å². The fourth-order valence-electron chi connectivity index (χ4n) is 1.94. The molecule has 1 atom stereocenters. The van der Waals surface area contributed by atoms with Crippen molar-refractivity contribution in [2.24, 2.45) is 0 Å². The summed E-state index contributed by atoms with van der Waals surface area (Å²) < 4.78 is 9.83. The van der Waals surface area contributed by atoms with Crippen LogP contribution in [0.2, 0.25) is 0 Å². The summed E-state index contributed by atoms with van der Waals surface area (Å²) in [6, 6.07) is 3.87. The highest BCUT2D eigenvalue weighted by Gasteiger charge is 2.24. The molecule has 0 bridgehead atoms. The number of rotatable bonds is 3. The van der Waals surface area contributed by atoms with Crippen LogP contribution in [-0.4, -0.2) is 29.4 Å². The van der Waals surface area contributed by atoms with E-state index in [1.54, 1.807) is 0 Å². The molecule has 7 nitrogen and oxygen atoms in total. The number of nitro groups is 1. The van der Waals surface area contributed by atoms with Gasteiger partial charge < -0.3 is 14.6 Å². The average molecular weight is 253 g/mol. The summed E-state index contributed by atoms with van der Waals surface area (Å²) in [7, 11) is 0. The number of non-ortho nitro benzene ring substituents is 1. The second-order valence-electron chi connectivity index (χ2n) is 3.91. The molecule has 96 valence electrons.